The van der Waals surface area contributed by atoms with Gasteiger partial charge in [-0.15, -0.1) is 0 Å². The standard InChI is InChI=1S/C25H19IN4O/c1-14-24-23(21-11-27-13-31-21)28-12-30(24)20-7-6-15(25-9-16(25)10-25)8-18(20)22(29-14)17-4-2-3-5-19(17)26/h2-8,11-14,16H,9-10H2,1H3/t14-,16-,25+/m1/s1. The highest BCUT2D eigenvalue weighted by Gasteiger charge is 2.70. The molecule has 0 spiro atoms. The Balaban J connectivity index is 1.50. The zero-order valence-electron chi connectivity index (χ0n) is 16.9. The molecule has 6 heteroatoms. The normalized spacial score (nSPS) is 25.2. The van der Waals surface area contributed by atoms with Crippen LogP contribution in [0.25, 0.3) is 17.1 Å². The van der Waals surface area contributed by atoms with Gasteiger partial charge in [0.2, 0.25) is 0 Å². The minimum atomic E-state index is -0.0859. The molecule has 2 aromatic carbocycles. The van der Waals surface area contributed by atoms with Crippen LogP contribution in [0.4, 0.5) is 0 Å². The molecule has 7 rings (SSSR count). The van der Waals surface area contributed by atoms with Gasteiger partial charge >= 0.3 is 0 Å². The number of oxazole rings is 1. The fourth-order valence-corrected chi connectivity index (χ4v) is 5.73. The lowest BCUT2D eigenvalue weighted by Crippen LogP contribution is -2.10. The highest BCUT2D eigenvalue weighted by Crippen LogP contribution is 2.75. The van der Waals surface area contributed by atoms with E-state index in [1.165, 1.54) is 39.5 Å². The van der Waals surface area contributed by atoms with Crippen molar-refractivity contribution in [1.29, 1.82) is 0 Å². The van der Waals surface area contributed by atoms with E-state index in [0.717, 1.165) is 28.7 Å². The van der Waals surface area contributed by atoms with Crippen LogP contribution in [0, 0.1) is 9.49 Å². The van der Waals surface area contributed by atoms with Crippen LogP contribution in [0.15, 0.2) is 70.8 Å². The summed E-state index contributed by atoms with van der Waals surface area (Å²) >= 11 is 2.42. The van der Waals surface area contributed by atoms with Crippen molar-refractivity contribution < 1.29 is 4.42 Å². The van der Waals surface area contributed by atoms with Gasteiger partial charge in [0.15, 0.2) is 12.2 Å². The molecular formula is C25H19IN4O. The van der Waals surface area contributed by atoms with Gasteiger partial charge in [-0.2, -0.15) is 0 Å². The van der Waals surface area contributed by atoms with Gasteiger partial charge in [-0.3, -0.25) is 9.56 Å². The third kappa shape index (κ3) is 2.51. The molecule has 0 radical (unpaired) electrons. The molecule has 2 aliphatic carbocycles. The lowest BCUT2D eigenvalue weighted by Gasteiger charge is -2.15. The minimum Gasteiger partial charge on any atom is -0.442 e. The van der Waals surface area contributed by atoms with E-state index in [2.05, 4.69) is 81.5 Å². The van der Waals surface area contributed by atoms with Crippen molar-refractivity contribution in [1.82, 2.24) is 14.5 Å². The summed E-state index contributed by atoms with van der Waals surface area (Å²) in [5.74, 6) is 1.57. The molecule has 31 heavy (non-hydrogen) atoms. The fourth-order valence-electron chi connectivity index (χ4n) is 5.08. The zero-order valence-corrected chi connectivity index (χ0v) is 19.1. The van der Waals surface area contributed by atoms with Crippen molar-refractivity contribution in [3.8, 4) is 17.1 Å². The number of hydrogen-bond acceptors (Lipinski definition) is 4. The molecular weight excluding hydrogens is 499 g/mol. The number of nitrogens with zero attached hydrogens (tertiary/aromatic N) is 4. The van der Waals surface area contributed by atoms with Crippen LogP contribution in [0.3, 0.4) is 0 Å². The first kappa shape index (κ1) is 17.9. The third-order valence-corrected chi connectivity index (χ3v) is 8.03. The molecule has 1 atom stereocenters. The summed E-state index contributed by atoms with van der Waals surface area (Å²) in [7, 11) is 0. The summed E-state index contributed by atoms with van der Waals surface area (Å²) in [5.41, 5.74) is 8.27. The second-order valence-electron chi connectivity index (χ2n) is 8.84. The predicted molar refractivity (Wildman–Crippen MR) is 127 cm³/mol. The van der Waals surface area contributed by atoms with Crippen LogP contribution in [0.1, 0.15) is 48.2 Å². The Hall–Kier alpha value is -2.74. The van der Waals surface area contributed by atoms with Gasteiger partial charge in [0.1, 0.15) is 12.0 Å². The van der Waals surface area contributed by atoms with E-state index < -0.39 is 0 Å². The fraction of sp³-hybridized carbons (Fsp3) is 0.240. The highest BCUT2D eigenvalue weighted by molar-refractivity contribution is 14.1. The first-order valence-electron chi connectivity index (χ1n) is 10.6. The van der Waals surface area contributed by atoms with Gasteiger partial charge in [-0.05, 0) is 77.5 Å². The average Bonchev–Trinajstić information content (AvgIpc) is 3.48. The molecule has 0 bridgehead atoms. The van der Waals surface area contributed by atoms with Crippen molar-refractivity contribution >= 4 is 28.3 Å². The van der Waals surface area contributed by atoms with Crippen molar-refractivity contribution in [2.75, 3.05) is 0 Å². The predicted octanol–water partition coefficient (Wildman–Crippen LogP) is 5.71. The Kier molecular flexibility index (Phi) is 3.55. The van der Waals surface area contributed by atoms with Crippen LogP contribution in [-0.2, 0) is 5.41 Å². The quantitative estimate of drug-likeness (QED) is 0.327. The van der Waals surface area contributed by atoms with Crippen LogP contribution in [0.5, 0.6) is 0 Å². The Bertz CT molecular complexity index is 1380. The van der Waals surface area contributed by atoms with Gasteiger partial charge in [0.25, 0.3) is 0 Å². The molecule has 0 amide bonds. The van der Waals surface area contributed by atoms with Crippen LogP contribution in [-0.4, -0.2) is 20.2 Å². The van der Waals surface area contributed by atoms with Crippen LogP contribution >= 0.6 is 22.6 Å². The van der Waals surface area contributed by atoms with Crippen molar-refractivity contribution in [2.24, 2.45) is 10.9 Å². The molecule has 2 fully saturated rings. The summed E-state index contributed by atoms with van der Waals surface area (Å²) in [5, 5.41) is 0. The summed E-state index contributed by atoms with van der Waals surface area (Å²) in [4.78, 5) is 14.1. The van der Waals surface area contributed by atoms with Crippen molar-refractivity contribution in [2.45, 2.75) is 31.2 Å². The summed E-state index contributed by atoms with van der Waals surface area (Å²) < 4.78 is 8.98. The molecule has 0 unspecified atom stereocenters. The molecule has 1 aliphatic heterocycles. The second kappa shape index (κ2) is 6.16. The smallest absolute Gasteiger partial charge is 0.181 e. The van der Waals surface area contributed by atoms with Crippen LogP contribution in [0.2, 0.25) is 0 Å². The van der Waals surface area contributed by atoms with E-state index >= 15 is 0 Å². The van der Waals surface area contributed by atoms with Gasteiger partial charge < -0.3 is 4.42 Å². The minimum absolute atomic E-state index is 0.0859. The first-order chi connectivity index (χ1) is 15.2. The maximum Gasteiger partial charge on any atom is 0.181 e. The van der Waals surface area contributed by atoms with Gasteiger partial charge in [-0.25, -0.2) is 9.97 Å². The lowest BCUT2D eigenvalue weighted by atomic mass is 9.94. The molecule has 3 heterocycles. The Morgan fingerprint density at radius 2 is 1.97 bits per heavy atom. The highest BCUT2D eigenvalue weighted by atomic mass is 127. The van der Waals surface area contributed by atoms with Gasteiger partial charge in [0.05, 0.1) is 29.3 Å². The summed E-state index contributed by atoms with van der Waals surface area (Å²) in [6, 6.07) is 15.4. The van der Waals surface area contributed by atoms with E-state index in [9.17, 15) is 0 Å². The number of hydrogen-bond donors (Lipinski definition) is 0. The van der Waals surface area contributed by atoms with Gasteiger partial charge in [0, 0.05) is 14.7 Å². The number of halogens is 1. The maximum absolute atomic E-state index is 5.59. The number of benzene rings is 2. The first-order valence-corrected chi connectivity index (χ1v) is 11.7. The topological polar surface area (TPSA) is 56.2 Å². The Labute approximate surface area is 193 Å². The molecule has 2 aromatic heterocycles. The van der Waals surface area contributed by atoms with E-state index in [4.69, 9.17) is 14.4 Å². The number of rotatable bonds is 3. The molecule has 5 nitrogen and oxygen atoms in total. The van der Waals surface area contributed by atoms with E-state index in [-0.39, 0.29) is 6.04 Å². The zero-order chi connectivity index (χ0) is 20.7. The Morgan fingerprint density at radius 1 is 1.13 bits per heavy atom. The molecule has 0 saturated heterocycles. The third-order valence-electron chi connectivity index (χ3n) is 7.09. The largest absolute Gasteiger partial charge is 0.442 e. The van der Waals surface area contributed by atoms with E-state index in [0.29, 0.717) is 11.2 Å². The molecule has 4 aromatic rings. The maximum atomic E-state index is 5.59. The SMILES string of the molecule is C[C@H]1N=C(c2ccccc2I)c2cc([C@]34C[C@H]3C4)ccc2-n2cnc(-c3cnco3)c21. The number of imidazole rings is 1. The number of aromatic nitrogens is 3. The summed E-state index contributed by atoms with van der Waals surface area (Å²) in [6.07, 6.45) is 7.73. The summed E-state index contributed by atoms with van der Waals surface area (Å²) in [6.45, 7) is 2.13. The monoisotopic (exact) mass is 518 g/mol. The molecule has 2 saturated carbocycles. The van der Waals surface area contributed by atoms with Crippen molar-refractivity contribution in [3.63, 3.8) is 0 Å². The van der Waals surface area contributed by atoms with E-state index in [1.54, 1.807) is 6.20 Å². The van der Waals surface area contributed by atoms with E-state index in [1.807, 2.05) is 6.33 Å². The molecule has 152 valence electrons. The van der Waals surface area contributed by atoms with Crippen LogP contribution < -0.4 is 0 Å². The van der Waals surface area contributed by atoms with Gasteiger partial charge in [-0.1, -0.05) is 24.3 Å². The average molecular weight is 518 g/mol. The molecule has 3 aliphatic rings. The van der Waals surface area contributed by atoms with Crippen molar-refractivity contribution in [3.05, 3.63) is 87.3 Å². The number of fused-ring (bicyclic) bond motifs is 4. The Morgan fingerprint density at radius 3 is 2.71 bits per heavy atom. The number of aliphatic imine (C=N–C) groups is 1. The lowest BCUT2D eigenvalue weighted by molar-refractivity contribution is 0.568. The molecule has 0 N–H and O–H groups in total. The second-order valence-corrected chi connectivity index (χ2v) is 10.0.